The van der Waals surface area contributed by atoms with E-state index in [0.29, 0.717) is 28.4 Å². The Morgan fingerprint density at radius 1 is 1.17 bits per heavy atom. The van der Waals surface area contributed by atoms with Crippen molar-refractivity contribution in [3.8, 4) is 22.9 Å². The second-order valence-electron chi connectivity index (χ2n) is 6.92. The third-order valence-electron chi connectivity index (χ3n) is 5.18. The topological polar surface area (TPSA) is 110 Å². The number of carboxylic acid groups (broad SMARTS) is 1. The van der Waals surface area contributed by atoms with Crippen molar-refractivity contribution in [1.29, 1.82) is 0 Å². The Morgan fingerprint density at radius 2 is 1.97 bits per heavy atom. The van der Waals surface area contributed by atoms with Crippen molar-refractivity contribution in [3.63, 3.8) is 0 Å². The minimum Gasteiger partial charge on any atom is -0.508 e. The quantitative estimate of drug-likeness (QED) is 0.597. The van der Waals surface area contributed by atoms with E-state index in [9.17, 15) is 19.8 Å². The maximum absolute atomic E-state index is 12.4. The van der Waals surface area contributed by atoms with Gasteiger partial charge in [-0.2, -0.15) is 0 Å². The molecule has 0 fully saturated rings. The first-order valence-electron chi connectivity index (χ1n) is 9.22. The molecule has 154 valence electrons. The molecule has 0 bridgehead atoms. The molecule has 2 aromatic carbocycles. The zero-order valence-corrected chi connectivity index (χ0v) is 16.4. The summed E-state index contributed by atoms with van der Waals surface area (Å²) in [4.78, 5) is 24.3. The number of carbonyl (C=O) groups excluding carboxylic acids is 1. The predicted octanol–water partition coefficient (Wildman–Crippen LogP) is 3.37. The summed E-state index contributed by atoms with van der Waals surface area (Å²) in [6.45, 7) is 0. The number of aromatic nitrogens is 1. The van der Waals surface area contributed by atoms with Crippen LogP contribution in [0.25, 0.3) is 5.69 Å². The first-order valence-corrected chi connectivity index (χ1v) is 9.22. The number of carboxylic acids is 1. The Bertz CT molecular complexity index is 1150. The average Bonchev–Trinajstić information content (AvgIpc) is 3.12. The fourth-order valence-corrected chi connectivity index (χ4v) is 3.83. The lowest BCUT2D eigenvalue weighted by molar-refractivity contribution is -0.116. The number of aromatic hydroxyl groups is 1. The Balaban J connectivity index is 1.99. The number of nitrogens with zero attached hydrogens (tertiary/aromatic N) is 1. The number of methoxy groups -OCH3 is 2. The van der Waals surface area contributed by atoms with Gasteiger partial charge < -0.3 is 29.6 Å². The van der Waals surface area contributed by atoms with Gasteiger partial charge in [-0.3, -0.25) is 4.79 Å². The number of aromatic carboxylic acids is 1. The minimum absolute atomic E-state index is 0.0268. The number of phenolic OH excluding ortho intramolecular Hbond substituents is 1. The Kier molecular flexibility index (Phi) is 4.83. The van der Waals surface area contributed by atoms with E-state index in [0.717, 1.165) is 0 Å². The highest BCUT2D eigenvalue weighted by Gasteiger charge is 2.35. The van der Waals surface area contributed by atoms with Crippen LogP contribution >= 0.6 is 0 Å². The smallest absolute Gasteiger partial charge is 0.339 e. The molecule has 8 nitrogen and oxygen atoms in total. The molecule has 0 aliphatic carbocycles. The van der Waals surface area contributed by atoms with Crippen molar-refractivity contribution in [3.05, 3.63) is 65.5 Å². The molecule has 1 aliphatic heterocycles. The lowest BCUT2D eigenvalue weighted by atomic mass is 9.88. The zero-order valence-electron chi connectivity index (χ0n) is 16.4. The number of hydrogen-bond donors (Lipinski definition) is 3. The fourth-order valence-electron chi connectivity index (χ4n) is 3.83. The molecule has 4 rings (SSSR count). The van der Waals surface area contributed by atoms with Crippen LogP contribution in [-0.2, 0) is 4.79 Å². The van der Waals surface area contributed by atoms with E-state index in [2.05, 4.69) is 5.32 Å². The molecule has 0 saturated heterocycles. The number of carbonyl (C=O) groups is 2. The summed E-state index contributed by atoms with van der Waals surface area (Å²) in [5.74, 6) is -0.768. The molecular weight excluding hydrogens is 388 g/mol. The molecule has 1 aliphatic rings. The Hall–Kier alpha value is -3.94. The summed E-state index contributed by atoms with van der Waals surface area (Å²) in [5, 5.41) is 22.4. The van der Waals surface area contributed by atoms with Crippen molar-refractivity contribution in [2.45, 2.75) is 12.3 Å². The molecule has 0 radical (unpaired) electrons. The molecule has 1 amide bonds. The lowest BCUT2D eigenvalue weighted by Crippen LogP contribution is -2.25. The average molecular weight is 408 g/mol. The summed E-state index contributed by atoms with van der Waals surface area (Å²) in [5.41, 5.74) is 2.12. The predicted molar refractivity (Wildman–Crippen MR) is 109 cm³/mol. The van der Waals surface area contributed by atoms with E-state index in [1.807, 2.05) is 0 Å². The van der Waals surface area contributed by atoms with Gasteiger partial charge in [0.25, 0.3) is 0 Å². The summed E-state index contributed by atoms with van der Waals surface area (Å²) in [6.07, 6.45) is 1.58. The molecule has 8 heteroatoms. The third kappa shape index (κ3) is 3.22. The molecule has 0 unspecified atom stereocenters. The maximum atomic E-state index is 12.4. The molecule has 1 atom stereocenters. The van der Waals surface area contributed by atoms with Crippen molar-refractivity contribution in [2.24, 2.45) is 0 Å². The molecule has 0 spiro atoms. The Morgan fingerprint density at radius 3 is 2.63 bits per heavy atom. The number of phenols is 1. The van der Waals surface area contributed by atoms with Gasteiger partial charge in [0, 0.05) is 24.6 Å². The van der Waals surface area contributed by atoms with Gasteiger partial charge in [0.1, 0.15) is 22.8 Å². The molecule has 30 heavy (non-hydrogen) atoms. The summed E-state index contributed by atoms with van der Waals surface area (Å²) in [7, 11) is 3.06. The van der Waals surface area contributed by atoms with Crippen molar-refractivity contribution < 1.29 is 29.3 Å². The van der Waals surface area contributed by atoms with Crippen LogP contribution in [0.3, 0.4) is 0 Å². The molecule has 2 heterocycles. The van der Waals surface area contributed by atoms with Gasteiger partial charge in [0.2, 0.25) is 5.91 Å². The number of rotatable bonds is 5. The SMILES string of the molecule is COc1ccc(-n2cc(C(=O)O)c3c2[C@@H](c2cccc(O)c2)CC(=O)N3)c(OC)c1. The van der Waals surface area contributed by atoms with Crippen LogP contribution in [-0.4, -0.2) is 40.9 Å². The third-order valence-corrected chi connectivity index (χ3v) is 5.18. The van der Waals surface area contributed by atoms with Crippen molar-refractivity contribution >= 4 is 17.6 Å². The number of benzene rings is 2. The lowest BCUT2D eigenvalue weighted by Gasteiger charge is -2.26. The molecular formula is C22H20N2O6. The van der Waals surface area contributed by atoms with Gasteiger partial charge in [-0.25, -0.2) is 4.79 Å². The summed E-state index contributed by atoms with van der Waals surface area (Å²) in [6, 6.07) is 11.8. The van der Waals surface area contributed by atoms with Crippen molar-refractivity contribution in [1.82, 2.24) is 4.57 Å². The van der Waals surface area contributed by atoms with E-state index in [1.165, 1.54) is 13.3 Å². The second-order valence-corrected chi connectivity index (χ2v) is 6.92. The van der Waals surface area contributed by atoms with Gasteiger partial charge >= 0.3 is 5.97 Å². The van der Waals surface area contributed by atoms with E-state index >= 15 is 0 Å². The first kappa shape index (κ1) is 19.4. The van der Waals surface area contributed by atoms with Crippen LogP contribution in [0.2, 0.25) is 0 Å². The van der Waals surface area contributed by atoms with Crippen LogP contribution in [0.15, 0.2) is 48.7 Å². The molecule has 3 aromatic rings. The van der Waals surface area contributed by atoms with Gasteiger partial charge in [0.15, 0.2) is 0 Å². The summed E-state index contributed by atoms with van der Waals surface area (Å²) < 4.78 is 12.5. The highest BCUT2D eigenvalue weighted by molar-refractivity contribution is 6.04. The number of anilines is 1. The molecule has 3 N–H and O–H groups in total. The Labute approximate surface area is 172 Å². The van der Waals surface area contributed by atoms with Crippen molar-refractivity contribution in [2.75, 3.05) is 19.5 Å². The second kappa shape index (κ2) is 7.47. The number of fused-ring (bicyclic) bond motifs is 1. The van der Waals surface area contributed by atoms with Crippen LogP contribution in [0, 0.1) is 0 Å². The number of ether oxygens (including phenoxy) is 2. The van der Waals surface area contributed by atoms with Gasteiger partial charge in [-0.05, 0) is 29.8 Å². The monoisotopic (exact) mass is 408 g/mol. The van der Waals surface area contributed by atoms with Crippen LogP contribution in [0.5, 0.6) is 17.2 Å². The maximum Gasteiger partial charge on any atom is 0.339 e. The molecule has 1 aromatic heterocycles. The summed E-state index contributed by atoms with van der Waals surface area (Å²) >= 11 is 0. The van der Waals surface area contributed by atoms with Crippen LogP contribution in [0.1, 0.15) is 34.0 Å². The van der Waals surface area contributed by atoms with E-state index in [1.54, 1.807) is 54.1 Å². The van der Waals surface area contributed by atoms with Crippen LogP contribution in [0.4, 0.5) is 5.69 Å². The minimum atomic E-state index is -1.16. The largest absolute Gasteiger partial charge is 0.508 e. The van der Waals surface area contributed by atoms with E-state index in [-0.39, 0.29) is 29.3 Å². The number of amides is 1. The molecule has 0 saturated carbocycles. The van der Waals surface area contributed by atoms with E-state index < -0.39 is 11.9 Å². The van der Waals surface area contributed by atoms with Gasteiger partial charge in [-0.1, -0.05) is 12.1 Å². The number of hydrogen-bond acceptors (Lipinski definition) is 5. The number of nitrogens with one attached hydrogen (secondary N) is 1. The highest BCUT2D eigenvalue weighted by atomic mass is 16.5. The van der Waals surface area contributed by atoms with Gasteiger partial charge in [0.05, 0.1) is 31.3 Å². The van der Waals surface area contributed by atoms with Gasteiger partial charge in [-0.15, -0.1) is 0 Å². The highest BCUT2D eigenvalue weighted by Crippen LogP contribution is 2.43. The van der Waals surface area contributed by atoms with E-state index in [4.69, 9.17) is 9.47 Å². The standard InChI is InChI=1S/C22H20N2O6/c1-29-14-6-7-17(18(9-14)30-2)24-11-16(22(27)28)20-21(24)15(10-19(26)23-20)12-4-3-5-13(25)8-12/h3-9,11,15,25H,10H2,1-2H3,(H,23,26)(H,27,28)/t15-/m1/s1. The normalized spacial score (nSPS) is 15.3. The first-order chi connectivity index (χ1) is 14.4. The van der Waals surface area contributed by atoms with Crippen LogP contribution < -0.4 is 14.8 Å². The fraction of sp³-hybridized carbons (Fsp3) is 0.182. The zero-order chi connectivity index (χ0) is 21.4.